The second-order valence-corrected chi connectivity index (χ2v) is 5.88. The van der Waals surface area contributed by atoms with E-state index >= 15 is 0 Å². The minimum Gasteiger partial charge on any atom is -0.399 e. The monoisotopic (exact) mass is 291 g/mol. The Morgan fingerprint density at radius 2 is 2.33 bits per heavy atom. The Morgan fingerprint density at radius 3 is 3.05 bits per heavy atom. The number of hydrogen-bond acceptors (Lipinski definition) is 4. The Morgan fingerprint density at radius 1 is 1.52 bits per heavy atom. The van der Waals surface area contributed by atoms with Crippen LogP contribution in [0.15, 0.2) is 18.2 Å². The summed E-state index contributed by atoms with van der Waals surface area (Å²) in [6.07, 6.45) is 3.07. The fourth-order valence-corrected chi connectivity index (χ4v) is 2.93. The highest BCUT2D eigenvalue weighted by molar-refractivity contribution is 5.93. The van der Waals surface area contributed by atoms with Gasteiger partial charge in [-0.2, -0.15) is 0 Å². The van der Waals surface area contributed by atoms with Crippen LogP contribution in [-0.4, -0.2) is 42.2 Å². The van der Waals surface area contributed by atoms with Crippen LogP contribution in [0.5, 0.6) is 0 Å². The van der Waals surface area contributed by atoms with E-state index in [0.29, 0.717) is 18.2 Å². The van der Waals surface area contributed by atoms with Crippen LogP contribution < -0.4 is 11.1 Å². The molecule has 2 rings (SSSR count). The Balaban J connectivity index is 1.86. The summed E-state index contributed by atoms with van der Waals surface area (Å²) in [5, 5.41) is 12.0. The summed E-state index contributed by atoms with van der Waals surface area (Å²) in [5.41, 5.74) is 8.20. The first-order valence-electron chi connectivity index (χ1n) is 7.57. The molecule has 0 aromatic heterocycles. The highest BCUT2D eigenvalue weighted by Gasteiger charge is 2.21. The Bertz CT molecular complexity index is 488. The zero-order valence-corrected chi connectivity index (χ0v) is 12.6. The van der Waals surface area contributed by atoms with E-state index in [-0.39, 0.29) is 12.5 Å². The molecule has 116 valence electrons. The second kappa shape index (κ2) is 7.43. The number of hydrogen-bond donors (Lipinski definition) is 3. The lowest BCUT2D eigenvalue weighted by Crippen LogP contribution is -2.40. The molecule has 0 bridgehead atoms. The van der Waals surface area contributed by atoms with E-state index in [1.54, 1.807) is 6.07 Å². The number of nitrogens with two attached hydrogens (primary N) is 1. The number of benzene rings is 1. The van der Waals surface area contributed by atoms with Gasteiger partial charge in [0.05, 0.1) is 6.54 Å². The summed E-state index contributed by atoms with van der Waals surface area (Å²) in [7, 11) is 0. The average Bonchev–Trinajstić information content (AvgIpc) is 2.43. The summed E-state index contributed by atoms with van der Waals surface area (Å²) in [4.78, 5) is 14.3. The van der Waals surface area contributed by atoms with Crippen LogP contribution in [0.2, 0.25) is 0 Å². The molecule has 1 heterocycles. The van der Waals surface area contributed by atoms with E-state index in [1.807, 2.05) is 19.1 Å². The van der Waals surface area contributed by atoms with E-state index in [4.69, 9.17) is 10.8 Å². The largest absolute Gasteiger partial charge is 0.399 e. The van der Waals surface area contributed by atoms with Crippen molar-refractivity contribution in [1.82, 2.24) is 4.90 Å². The lowest BCUT2D eigenvalue weighted by atomic mass is 9.95. The predicted octanol–water partition coefficient (Wildman–Crippen LogP) is 1.61. The summed E-state index contributed by atoms with van der Waals surface area (Å²) in [5.74, 6) is 0.516. The van der Waals surface area contributed by atoms with Gasteiger partial charge in [-0.05, 0) is 62.4 Å². The summed E-state index contributed by atoms with van der Waals surface area (Å²) < 4.78 is 0. The van der Waals surface area contributed by atoms with Gasteiger partial charge in [-0.3, -0.25) is 9.69 Å². The first-order chi connectivity index (χ1) is 10.1. The Hall–Kier alpha value is -1.59. The molecule has 0 saturated carbocycles. The third kappa shape index (κ3) is 4.72. The zero-order valence-electron chi connectivity index (χ0n) is 12.6. The van der Waals surface area contributed by atoms with Crippen LogP contribution in [-0.2, 0) is 4.79 Å². The maximum atomic E-state index is 12.1. The summed E-state index contributed by atoms with van der Waals surface area (Å²) in [6.45, 7) is 4.43. The number of anilines is 2. The maximum absolute atomic E-state index is 12.1. The molecule has 1 unspecified atom stereocenters. The van der Waals surface area contributed by atoms with Gasteiger partial charge in [-0.25, -0.2) is 0 Å². The van der Waals surface area contributed by atoms with Gasteiger partial charge < -0.3 is 16.2 Å². The predicted molar refractivity (Wildman–Crippen MR) is 85.1 cm³/mol. The summed E-state index contributed by atoms with van der Waals surface area (Å²) >= 11 is 0. The average molecular weight is 291 g/mol. The smallest absolute Gasteiger partial charge is 0.238 e. The Kier molecular flexibility index (Phi) is 5.59. The van der Waals surface area contributed by atoms with Crippen molar-refractivity contribution in [2.45, 2.75) is 26.2 Å². The molecule has 1 fully saturated rings. The number of aliphatic hydroxyl groups is 1. The van der Waals surface area contributed by atoms with Gasteiger partial charge in [-0.15, -0.1) is 0 Å². The molecule has 21 heavy (non-hydrogen) atoms. The maximum Gasteiger partial charge on any atom is 0.238 e. The van der Waals surface area contributed by atoms with Crippen molar-refractivity contribution in [3.8, 4) is 0 Å². The fraction of sp³-hybridized carbons (Fsp3) is 0.562. The van der Waals surface area contributed by atoms with Gasteiger partial charge >= 0.3 is 0 Å². The van der Waals surface area contributed by atoms with E-state index < -0.39 is 0 Å². The first-order valence-corrected chi connectivity index (χ1v) is 7.57. The van der Waals surface area contributed by atoms with Crippen molar-refractivity contribution >= 4 is 17.3 Å². The van der Waals surface area contributed by atoms with Crippen molar-refractivity contribution in [3.05, 3.63) is 23.8 Å². The molecule has 1 aliphatic rings. The molecule has 0 radical (unpaired) electrons. The molecular formula is C16H25N3O2. The fourth-order valence-electron chi connectivity index (χ4n) is 2.93. The SMILES string of the molecule is Cc1cc(N)ccc1NC(=O)CN1CCCC(CCO)C1. The Labute approximate surface area is 126 Å². The van der Waals surface area contributed by atoms with Gasteiger partial charge in [0.25, 0.3) is 0 Å². The number of carbonyl (C=O) groups is 1. The molecule has 5 heteroatoms. The van der Waals surface area contributed by atoms with Crippen LogP contribution in [0.3, 0.4) is 0 Å². The normalized spacial score (nSPS) is 19.4. The molecule has 0 aliphatic carbocycles. The van der Waals surface area contributed by atoms with E-state index in [0.717, 1.165) is 43.6 Å². The number of amides is 1. The number of carbonyl (C=O) groups excluding carboxylic acids is 1. The van der Waals surface area contributed by atoms with Crippen molar-refractivity contribution in [3.63, 3.8) is 0 Å². The number of rotatable bonds is 5. The molecule has 1 aromatic rings. The minimum atomic E-state index is 0.00696. The third-order valence-corrected chi connectivity index (χ3v) is 4.03. The van der Waals surface area contributed by atoms with E-state index in [9.17, 15) is 4.79 Å². The second-order valence-electron chi connectivity index (χ2n) is 5.88. The third-order valence-electron chi connectivity index (χ3n) is 4.03. The van der Waals surface area contributed by atoms with Crippen LogP contribution in [0.4, 0.5) is 11.4 Å². The lowest BCUT2D eigenvalue weighted by molar-refractivity contribution is -0.117. The van der Waals surface area contributed by atoms with Gasteiger partial charge in [-0.1, -0.05) is 0 Å². The highest BCUT2D eigenvalue weighted by Crippen LogP contribution is 2.20. The van der Waals surface area contributed by atoms with Gasteiger partial charge in [0.15, 0.2) is 0 Å². The van der Waals surface area contributed by atoms with Gasteiger partial charge in [0, 0.05) is 24.5 Å². The molecule has 1 amide bonds. The quantitative estimate of drug-likeness (QED) is 0.720. The molecule has 4 N–H and O–H groups in total. The van der Waals surface area contributed by atoms with Gasteiger partial charge in [0.2, 0.25) is 5.91 Å². The van der Waals surface area contributed by atoms with Crippen molar-refractivity contribution in [1.29, 1.82) is 0 Å². The minimum absolute atomic E-state index is 0.00696. The highest BCUT2D eigenvalue weighted by atomic mass is 16.3. The number of nitrogens with zero attached hydrogens (tertiary/aromatic N) is 1. The van der Waals surface area contributed by atoms with Crippen molar-refractivity contribution in [2.75, 3.05) is 37.3 Å². The van der Waals surface area contributed by atoms with Gasteiger partial charge in [0.1, 0.15) is 0 Å². The van der Waals surface area contributed by atoms with Crippen molar-refractivity contribution in [2.24, 2.45) is 5.92 Å². The standard InChI is InChI=1S/C16H25N3O2/c1-12-9-14(17)4-5-15(12)18-16(21)11-19-7-2-3-13(10-19)6-8-20/h4-5,9,13,20H,2-3,6-8,10-11,17H2,1H3,(H,18,21). The summed E-state index contributed by atoms with van der Waals surface area (Å²) in [6, 6.07) is 5.49. The van der Waals surface area contributed by atoms with Crippen LogP contribution in [0, 0.1) is 12.8 Å². The molecule has 1 atom stereocenters. The first kappa shape index (κ1) is 15.8. The molecule has 1 saturated heterocycles. The topological polar surface area (TPSA) is 78.6 Å². The molecular weight excluding hydrogens is 266 g/mol. The van der Waals surface area contributed by atoms with Crippen molar-refractivity contribution < 1.29 is 9.90 Å². The molecule has 0 spiro atoms. The molecule has 5 nitrogen and oxygen atoms in total. The number of aliphatic hydroxyl groups excluding tert-OH is 1. The lowest BCUT2D eigenvalue weighted by Gasteiger charge is -2.31. The molecule has 1 aromatic carbocycles. The van der Waals surface area contributed by atoms with Crippen LogP contribution in [0.1, 0.15) is 24.8 Å². The number of aryl methyl sites for hydroxylation is 1. The number of likely N-dealkylation sites (tertiary alicyclic amines) is 1. The number of nitrogens with one attached hydrogen (secondary N) is 1. The molecule has 1 aliphatic heterocycles. The number of piperidine rings is 1. The number of nitrogen functional groups attached to an aromatic ring is 1. The van der Waals surface area contributed by atoms with E-state index in [1.165, 1.54) is 0 Å². The van der Waals surface area contributed by atoms with Crippen LogP contribution in [0.25, 0.3) is 0 Å². The van der Waals surface area contributed by atoms with E-state index in [2.05, 4.69) is 10.2 Å². The van der Waals surface area contributed by atoms with Crippen LogP contribution >= 0.6 is 0 Å². The zero-order chi connectivity index (χ0) is 15.2.